The van der Waals surface area contributed by atoms with Crippen molar-refractivity contribution >= 4 is 5.97 Å². The Morgan fingerprint density at radius 3 is 2.88 bits per heavy atom. The van der Waals surface area contributed by atoms with Crippen molar-refractivity contribution in [2.75, 3.05) is 7.11 Å². The van der Waals surface area contributed by atoms with Gasteiger partial charge in [0.2, 0.25) is 0 Å². The lowest BCUT2D eigenvalue weighted by Crippen LogP contribution is -2.37. The summed E-state index contributed by atoms with van der Waals surface area (Å²) in [7, 11) is 1.69. The molecule has 4 heteroatoms. The van der Waals surface area contributed by atoms with E-state index in [4.69, 9.17) is 15.2 Å². The van der Waals surface area contributed by atoms with Crippen LogP contribution in [-0.2, 0) is 14.3 Å². The maximum atomic E-state index is 11.6. The second-order valence-electron chi connectivity index (χ2n) is 4.21. The smallest absolute Gasteiger partial charge is 0.323 e. The van der Waals surface area contributed by atoms with E-state index in [0.29, 0.717) is 6.42 Å². The van der Waals surface area contributed by atoms with Crippen LogP contribution in [0.5, 0.6) is 0 Å². The van der Waals surface area contributed by atoms with Crippen LogP contribution in [0.2, 0.25) is 0 Å². The number of nitrogens with two attached hydrogens (primary N) is 1. The molecule has 0 aromatic heterocycles. The Balaban J connectivity index is 2.35. The van der Waals surface area contributed by atoms with Crippen LogP contribution in [0.25, 0.3) is 0 Å². The zero-order valence-corrected chi connectivity index (χ0v) is 9.85. The van der Waals surface area contributed by atoms with Crippen LogP contribution in [0.15, 0.2) is 12.7 Å². The molecular formula is C12H21NO3. The van der Waals surface area contributed by atoms with Gasteiger partial charge in [0.15, 0.2) is 0 Å². The lowest BCUT2D eigenvalue weighted by Gasteiger charge is -2.28. The summed E-state index contributed by atoms with van der Waals surface area (Å²) >= 11 is 0. The number of carbonyl (C=O) groups excluding carboxylic acids is 1. The largest absolute Gasteiger partial charge is 0.461 e. The van der Waals surface area contributed by atoms with E-state index in [1.54, 1.807) is 13.2 Å². The van der Waals surface area contributed by atoms with Gasteiger partial charge < -0.3 is 15.2 Å². The Bertz CT molecular complexity index is 242. The van der Waals surface area contributed by atoms with E-state index in [2.05, 4.69) is 6.58 Å². The third-order valence-electron chi connectivity index (χ3n) is 2.92. The first-order valence-corrected chi connectivity index (χ1v) is 5.77. The molecule has 0 saturated heterocycles. The molecule has 0 bridgehead atoms. The van der Waals surface area contributed by atoms with Crippen molar-refractivity contribution in [2.45, 2.75) is 50.4 Å². The molecule has 3 unspecified atom stereocenters. The molecule has 1 saturated carbocycles. The minimum absolute atomic E-state index is 0.0398. The summed E-state index contributed by atoms with van der Waals surface area (Å²) in [6.07, 6.45) is 6.03. The van der Waals surface area contributed by atoms with Crippen LogP contribution in [0.4, 0.5) is 0 Å². The molecule has 1 aliphatic rings. The molecular weight excluding hydrogens is 206 g/mol. The van der Waals surface area contributed by atoms with E-state index in [-0.39, 0.29) is 18.2 Å². The Hall–Kier alpha value is -0.870. The number of ether oxygens (including phenoxy) is 2. The molecule has 1 rings (SSSR count). The SMILES string of the molecule is C=CCC(N)C(=O)OC1CCCC(OC)C1. The lowest BCUT2D eigenvalue weighted by molar-refractivity contribution is -0.154. The highest BCUT2D eigenvalue weighted by Gasteiger charge is 2.26. The molecule has 0 aliphatic heterocycles. The summed E-state index contributed by atoms with van der Waals surface area (Å²) in [4.78, 5) is 11.6. The van der Waals surface area contributed by atoms with Gasteiger partial charge in [-0.1, -0.05) is 6.08 Å². The number of esters is 1. The van der Waals surface area contributed by atoms with Crippen molar-refractivity contribution < 1.29 is 14.3 Å². The summed E-state index contributed by atoms with van der Waals surface area (Å²) in [6.45, 7) is 3.55. The van der Waals surface area contributed by atoms with Gasteiger partial charge in [0, 0.05) is 13.5 Å². The highest BCUT2D eigenvalue weighted by Crippen LogP contribution is 2.23. The highest BCUT2D eigenvalue weighted by molar-refractivity contribution is 5.75. The highest BCUT2D eigenvalue weighted by atomic mass is 16.5. The van der Waals surface area contributed by atoms with Crippen LogP contribution in [0.3, 0.4) is 0 Å². The molecule has 4 nitrogen and oxygen atoms in total. The van der Waals surface area contributed by atoms with Gasteiger partial charge >= 0.3 is 5.97 Å². The van der Waals surface area contributed by atoms with Crippen molar-refractivity contribution in [3.8, 4) is 0 Å². The Morgan fingerprint density at radius 2 is 2.25 bits per heavy atom. The number of rotatable bonds is 5. The zero-order chi connectivity index (χ0) is 12.0. The van der Waals surface area contributed by atoms with E-state index >= 15 is 0 Å². The number of hydrogen-bond donors (Lipinski definition) is 1. The number of hydrogen-bond acceptors (Lipinski definition) is 4. The third kappa shape index (κ3) is 3.94. The molecule has 0 spiro atoms. The van der Waals surface area contributed by atoms with Crippen molar-refractivity contribution in [3.05, 3.63) is 12.7 Å². The maximum absolute atomic E-state index is 11.6. The second-order valence-corrected chi connectivity index (χ2v) is 4.21. The summed E-state index contributed by atoms with van der Waals surface area (Å²) < 4.78 is 10.6. The fraction of sp³-hybridized carbons (Fsp3) is 0.750. The fourth-order valence-electron chi connectivity index (χ4n) is 1.95. The first-order valence-electron chi connectivity index (χ1n) is 5.77. The Morgan fingerprint density at radius 1 is 1.56 bits per heavy atom. The van der Waals surface area contributed by atoms with Gasteiger partial charge in [0.05, 0.1) is 6.10 Å². The normalized spacial score (nSPS) is 27.1. The summed E-state index contributed by atoms with van der Waals surface area (Å²) in [5.74, 6) is -0.332. The first-order chi connectivity index (χ1) is 7.67. The minimum atomic E-state index is -0.583. The van der Waals surface area contributed by atoms with E-state index in [1.807, 2.05) is 0 Å². The lowest BCUT2D eigenvalue weighted by atomic mass is 9.95. The average molecular weight is 227 g/mol. The summed E-state index contributed by atoms with van der Waals surface area (Å²) in [6, 6.07) is -0.583. The molecule has 1 fully saturated rings. The van der Waals surface area contributed by atoms with Crippen molar-refractivity contribution in [1.29, 1.82) is 0 Å². The van der Waals surface area contributed by atoms with Crippen LogP contribution in [0, 0.1) is 0 Å². The van der Waals surface area contributed by atoms with Gasteiger partial charge in [-0.25, -0.2) is 0 Å². The van der Waals surface area contributed by atoms with E-state index in [9.17, 15) is 4.79 Å². The molecule has 0 amide bonds. The number of methoxy groups -OCH3 is 1. The number of carbonyl (C=O) groups is 1. The van der Waals surface area contributed by atoms with Crippen LogP contribution < -0.4 is 5.73 Å². The second kappa shape index (κ2) is 6.66. The molecule has 0 aromatic rings. The molecule has 0 heterocycles. The Kier molecular flexibility index (Phi) is 5.49. The molecule has 1 aliphatic carbocycles. The van der Waals surface area contributed by atoms with E-state index < -0.39 is 6.04 Å². The predicted octanol–water partition coefficient (Wildman–Crippen LogP) is 1.39. The molecule has 2 N–H and O–H groups in total. The minimum Gasteiger partial charge on any atom is -0.461 e. The van der Waals surface area contributed by atoms with E-state index in [0.717, 1.165) is 25.7 Å². The van der Waals surface area contributed by atoms with Crippen molar-refractivity contribution in [3.63, 3.8) is 0 Å². The predicted molar refractivity (Wildman–Crippen MR) is 61.9 cm³/mol. The van der Waals surface area contributed by atoms with Gasteiger partial charge in [0.1, 0.15) is 12.1 Å². The van der Waals surface area contributed by atoms with Crippen molar-refractivity contribution in [2.24, 2.45) is 5.73 Å². The summed E-state index contributed by atoms with van der Waals surface area (Å²) in [5, 5.41) is 0. The molecule has 0 aromatic carbocycles. The Labute approximate surface area is 96.8 Å². The van der Waals surface area contributed by atoms with Gasteiger partial charge in [-0.05, 0) is 25.7 Å². The third-order valence-corrected chi connectivity index (χ3v) is 2.92. The molecule has 0 radical (unpaired) electrons. The van der Waals surface area contributed by atoms with Crippen LogP contribution in [0.1, 0.15) is 32.1 Å². The van der Waals surface area contributed by atoms with Gasteiger partial charge in [-0.2, -0.15) is 0 Å². The first kappa shape index (κ1) is 13.2. The van der Waals surface area contributed by atoms with Gasteiger partial charge in [-0.15, -0.1) is 6.58 Å². The topological polar surface area (TPSA) is 61.6 Å². The quantitative estimate of drug-likeness (QED) is 0.569. The van der Waals surface area contributed by atoms with Crippen LogP contribution in [-0.4, -0.2) is 31.3 Å². The average Bonchev–Trinajstić information content (AvgIpc) is 2.29. The van der Waals surface area contributed by atoms with Gasteiger partial charge in [0.25, 0.3) is 0 Å². The maximum Gasteiger partial charge on any atom is 0.323 e. The fourth-order valence-corrected chi connectivity index (χ4v) is 1.95. The molecule has 16 heavy (non-hydrogen) atoms. The molecule has 92 valence electrons. The van der Waals surface area contributed by atoms with Gasteiger partial charge in [-0.3, -0.25) is 4.79 Å². The molecule has 3 atom stereocenters. The summed E-state index contributed by atoms with van der Waals surface area (Å²) in [5.41, 5.74) is 5.64. The zero-order valence-electron chi connectivity index (χ0n) is 9.85. The van der Waals surface area contributed by atoms with Crippen molar-refractivity contribution in [1.82, 2.24) is 0 Å². The van der Waals surface area contributed by atoms with Crippen LogP contribution >= 0.6 is 0 Å². The van der Waals surface area contributed by atoms with E-state index in [1.165, 1.54) is 0 Å². The monoisotopic (exact) mass is 227 g/mol. The standard InChI is InChI=1S/C12H21NO3/c1-3-5-11(13)12(14)16-10-7-4-6-9(8-10)15-2/h3,9-11H,1,4-8,13H2,2H3.